The predicted molar refractivity (Wildman–Crippen MR) is 108 cm³/mol. The Bertz CT molecular complexity index is 257. The van der Waals surface area contributed by atoms with Crippen LogP contribution in [0.4, 0.5) is 0 Å². The highest BCUT2D eigenvalue weighted by Crippen LogP contribution is 2.13. The van der Waals surface area contributed by atoms with Crippen molar-refractivity contribution in [1.82, 2.24) is 0 Å². The van der Waals surface area contributed by atoms with Crippen LogP contribution in [0.3, 0.4) is 0 Å². The summed E-state index contributed by atoms with van der Waals surface area (Å²) in [4.78, 5) is 10.1. The fourth-order valence-electron chi connectivity index (χ4n) is 3.14. The van der Waals surface area contributed by atoms with E-state index in [0.717, 1.165) is 6.42 Å². The molecule has 0 aromatic carbocycles. The molecule has 1 heteroatoms. The Kier molecular flexibility index (Phi) is 21.9. The van der Waals surface area contributed by atoms with Gasteiger partial charge >= 0.3 is 0 Å². The van der Waals surface area contributed by atoms with Crippen molar-refractivity contribution < 1.29 is 4.79 Å². The van der Waals surface area contributed by atoms with Gasteiger partial charge in [-0.25, -0.2) is 0 Å². The van der Waals surface area contributed by atoms with Crippen LogP contribution in [0.15, 0.2) is 12.2 Å². The van der Waals surface area contributed by atoms with E-state index >= 15 is 0 Å². The zero-order chi connectivity index (χ0) is 17.6. The first-order valence-corrected chi connectivity index (χ1v) is 10.9. The number of rotatable bonds is 20. The van der Waals surface area contributed by atoms with E-state index in [1.165, 1.54) is 109 Å². The van der Waals surface area contributed by atoms with Crippen molar-refractivity contribution in [3.63, 3.8) is 0 Å². The third-order valence-electron chi connectivity index (χ3n) is 4.79. The quantitative estimate of drug-likeness (QED) is 0.162. The zero-order valence-electron chi connectivity index (χ0n) is 16.5. The Labute approximate surface area is 152 Å². The molecule has 0 heterocycles. The monoisotopic (exact) mass is 335 g/mol. The lowest BCUT2D eigenvalue weighted by Crippen LogP contribution is -1.83. The van der Waals surface area contributed by atoms with Gasteiger partial charge in [-0.1, -0.05) is 109 Å². The molecule has 1 nitrogen and oxygen atoms in total. The van der Waals surface area contributed by atoms with Crippen molar-refractivity contribution >= 4 is 6.29 Å². The van der Waals surface area contributed by atoms with Crippen molar-refractivity contribution in [2.24, 2.45) is 0 Å². The highest BCUT2D eigenvalue weighted by atomic mass is 16.1. The van der Waals surface area contributed by atoms with Crippen LogP contribution >= 0.6 is 0 Å². The van der Waals surface area contributed by atoms with E-state index in [1.54, 1.807) is 0 Å². The fraction of sp³-hybridized carbons (Fsp3) is 0.870. The van der Waals surface area contributed by atoms with Crippen LogP contribution in [-0.4, -0.2) is 6.29 Å². The van der Waals surface area contributed by atoms with Gasteiger partial charge in [0.2, 0.25) is 0 Å². The summed E-state index contributed by atoms with van der Waals surface area (Å²) in [6.45, 7) is 2.26. The standard InChI is InChI=1S/C23H43O/c1-2-3-4-5-6-7-8-9-10-11-12-13-14-15-16-17-18-19-20-21-22-23-24/h5-6H,2-4,7-22H2,1H3/b6-5+. The molecule has 0 amide bonds. The van der Waals surface area contributed by atoms with Crippen LogP contribution in [0.2, 0.25) is 0 Å². The molecule has 0 rings (SSSR count). The lowest BCUT2D eigenvalue weighted by molar-refractivity contribution is 0.528. The summed E-state index contributed by atoms with van der Waals surface area (Å²) >= 11 is 0. The molecule has 0 fully saturated rings. The molecule has 0 aliphatic heterocycles. The van der Waals surface area contributed by atoms with E-state index < -0.39 is 0 Å². The van der Waals surface area contributed by atoms with Gasteiger partial charge in [-0.3, -0.25) is 4.79 Å². The van der Waals surface area contributed by atoms with Gasteiger partial charge in [0.15, 0.2) is 6.29 Å². The number of carbonyl (C=O) groups excluding carboxylic acids is 1. The maximum Gasteiger partial charge on any atom is 0.198 e. The minimum absolute atomic E-state index is 0.635. The van der Waals surface area contributed by atoms with Crippen LogP contribution in [-0.2, 0) is 4.79 Å². The van der Waals surface area contributed by atoms with Gasteiger partial charge in [0.1, 0.15) is 0 Å². The van der Waals surface area contributed by atoms with Crippen molar-refractivity contribution in [3.8, 4) is 0 Å². The molecular formula is C23H43O. The summed E-state index contributed by atoms with van der Waals surface area (Å²) in [7, 11) is 0. The Hall–Kier alpha value is -0.590. The first-order valence-electron chi connectivity index (χ1n) is 10.9. The molecule has 24 heavy (non-hydrogen) atoms. The largest absolute Gasteiger partial charge is 0.291 e. The second-order valence-corrected chi connectivity index (χ2v) is 7.25. The topological polar surface area (TPSA) is 17.1 Å². The Morgan fingerprint density at radius 1 is 0.542 bits per heavy atom. The van der Waals surface area contributed by atoms with Gasteiger partial charge in [-0.05, 0) is 25.7 Å². The van der Waals surface area contributed by atoms with Crippen LogP contribution in [0.25, 0.3) is 0 Å². The zero-order valence-corrected chi connectivity index (χ0v) is 16.5. The van der Waals surface area contributed by atoms with Gasteiger partial charge < -0.3 is 0 Å². The minimum Gasteiger partial charge on any atom is -0.291 e. The van der Waals surface area contributed by atoms with E-state index in [-0.39, 0.29) is 0 Å². The molecule has 141 valence electrons. The second-order valence-electron chi connectivity index (χ2n) is 7.25. The average molecular weight is 336 g/mol. The lowest BCUT2D eigenvalue weighted by Gasteiger charge is -2.03. The molecule has 0 aromatic heterocycles. The van der Waals surface area contributed by atoms with Gasteiger partial charge in [0.25, 0.3) is 0 Å². The van der Waals surface area contributed by atoms with Gasteiger partial charge in [-0.2, -0.15) is 0 Å². The van der Waals surface area contributed by atoms with E-state index in [0.29, 0.717) is 6.42 Å². The van der Waals surface area contributed by atoms with E-state index in [9.17, 15) is 4.79 Å². The highest BCUT2D eigenvalue weighted by Gasteiger charge is 1.94. The van der Waals surface area contributed by atoms with Crippen LogP contribution in [0.5, 0.6) is 0 Å². The summed E-state index contributed by atoms with van der Waals surface area (Å²) in [5, 5.41) is 0. The first kappa shape index (κ1) is 23.4. The van der Waals surface area contributed by atoms with Crippen LogP contribution < -0.4 is 0 Å². The van der Waals surface area contributed by atoms with Crippen LogP contribution in [0.1, 0.15) is 129 Å². The molecule has 0 saturated carbocycles. The van der Waals surface area contributed by atoms with Crippen molar-refractivity contribution in [2.45, 2.75) is 129 Å². The Balaban J connectivity index is 3.00. The molecule has 0 aliphatic carbocycles. The number of unbranched alkanes of at least 4 members (excludes halogenated alkanes) is 17. The number of hydrogen-bond acceptors (Lipinski definition) is 1. The summed E-state index contributed by atoms with van der Waals surface area (Å²) in [5.41, 5.74) is 0. The van der Waals surface area contributed by atoms with Gasteiger partial charge in [0.05, 0.1) is 0 Å². The molecule has 0 aliphatic rings. The highest BCUT2D eigenvalue weighted by molar-refractivity contribution is 5.50. The molecule has 0 unspecified atom stereocenters. The molecule has 0 aromatic rings. The third kappa shape index (κ3) is 21.4. The predicted octanol–water partition coefficient (Wildman–Crippen LogP) is 8.08. The average Bonchev–Trinajstić information content (AvgIpc) is 2.60. The molecule has 0 atom stereocenters. The summed E-state index contributed by atoms with van der Waals surface area (Å²) in [5.74, 6) is 0. The van der Waals surface area contributed by atoms with E-state index in [4.69, 9.17) is 0 Å². The van der Waals surface area contributed by atoms with Crippen molar-refractivity contribution in [3.05, 3.63) is 12.2 Å². The van der Waals surface area contributed by atoms with Crippen molar-refractivity contribution in [2.75, 3.05) is 0 Å². The second kappa shape index (κ2) is 22.4. The molecule has 0 saturated heterocycles. The Morgan fingerprint density at radius 2 is 0.917 bits per heavy atom. The smallest absolute Gasteiger partial charge is 0.198 e. The Morgan fingerprint density at radius 3 is 1.33 bits per heavy atom. The van der Waals surface area contributed by atoms with Gasteiger partial charge in [-0.15, -0.1) is 0 Å². The third-order valence-corrected chi connectivity index (χ3v) is 4.79. The summed E-state index contributed by atoms with van der Waals surface area (Å²) in [6, 6.07) is 0. The first-order chi connectivity index (χ1) is 11.9. The fourth-order valence-corrected chi connectivity index (χ4v) is 3.14. The van der Waals surface area contributed by atoms with Gasteiger partial charge in [0, 0.05) is 6.42 Å². The number of hydrogen-bond donors (Lipinski definition) is 0. The maximum absolute atomic E-state index is 10.1. The maximum atomic E-state index is 10.1. The summed E-state index contributed by atoms with van der Waals surface area (Å²) < 4.78 is 0. The minimum atomic E-state index is 0.635. The van der Waals surface area contributed by atoms with E-state index in [1.807, 2.05) is 6.29 Å². The van der Waals surface area contributed by atoms with Crippen molar-refractivity contribution in [1.29, 1.82) is 0 Å². The molecular weight excluding hydrogens is 292 g/mol. The normalized spacial score (nSPS) is 11.4. The SMILES string of the molecule is CCCC/C=C/CCCCCCCCCCCCCCCC[C]=O. The molecule has 0 N–H and O–H groups in total. The number of allylic oxidation sites excluding steroid dienone is 2. The summed E-state index contributed by atoms with van der Waals surface area (Å²) in [6.07, 6.45) is 31.7. The molecule has 0 spiro atoms. The molecule has 1 radical (unpaired) electrons. The lowest BCUT2D eigenvalue weighted by atomic mass is 10.0. The van der Waals surface area contributed by atoms with E-state index in [2.05, 4.69) is 19.1 Å². The molecule has 0 bridgehead atoms. The van der Waals surface area contributed by atoms with Crippen LogP contribution in [0, 0.1) is 0 Å².